The standard InChI is InChI=1S/C9H10N4/c10-12-13-9-6-2-1-4-8(9)5-3-7-11-13/h1-7,12H,10H2. The fourth-order valence-electron chi connectivity index (χ4n) is 1.24. The number of rotatable bonds is 1. The van der Waals surface area contributed by atoms with Crippen LogP contribution in [-0.2, 0) is 0 Å². The summed E-state index contributed by atoms with van der Waals surface area (Å²) in [5.74, 6) is 5.32. The third-order valence-corrected chi connectivity index (χ3v) is 1.83. The molecule has 1 aliphatic rings. The van der Waals surface area contributed by atoms with Crippen molar-refractivity contribution in [2.45, 2.75) is 0 Å². The second-order valence-corrected chi connectivity index (χ2v) is 2.62. The van der Waals surface area contributed by atoms with Crippen LogP contribution < -0.4 is 16.5 Å². The van der Waals surface area contributed by atoms with E-state index in [0.29, 0.717) is 0 Å². The second kappa shape index (κ2) is 3.38. The van der Waals surface area contributed by atoms with E-state index in [-0.39, 0.29) is 0 Å². The van der Waals surface area contributed by atoms with Crippen LogP contribution in [0.5, 0.6) is 0 Å². The first-order chi connectivity index (χ1) is 6.42. The summed E-state index contributed by atoms with van der Waals surface area (Å²) in [6, 6.07) is 7.87. The maximum absolute atomic E-state index is 5.32. The monoisotopic (exact) mass is 174 g/mol. The average molecular weight is 174 g/mol. The molecular weight excluding hydrogens is 164 g/mol. The van der Waals surface area contributed by atoms with Crippen LogP contribution in [0.1, 0.15) is 5.56 Å². The number of benzene rings is 1. The highest BCUT2D eigenvalue weighted by atomic mass is 15.8. The molecule has 2 rings (SSSR count). The number of hydrogen-bond acceptors (Lipinski definition) is 4. The van der Waals surface area contributed by atoms with E-state index >= 15 is 0 Å². The van der Waals surface area contributed by atoms with E-state index in [1.165, 1.54) is 5.12 Å². The first-order valence-corrected chi connectivity index (χ1v) is 3.98. The Morgan fingerprint density at radius 2 is 2.15 bits per heavy atom. The molecular formula is C9H10N4. The van der Waals surface area contributed by atoms with Gasteiger partial charge in [-0.3, -0.25) is 5.84 Å². The zero-order chi connectivity index (χ0) is 9.10. The summed E-state index contributed by atoms with van der Waals surface area (Å²) < 4.78 is 0. The van der Waals surface area contributed by atoms with Crippen LogP contribution in [0.15, 0.2) is 35.4 Å². The summed E-state index contributed by atoms with van der Waals surface area (Å²) in [7, 11) is 0. The molecule has 1 heterocycles. The van der Waals surface area contributed by atoms with Gasteiger partial charge in [0.25, 0.3) is 0 Å². The molecule has 0 bridgehead atoms. The fourth-order valence-corrected chi connectivity index (χ4v) is 1.24. The number of fused-ring (bicyclic) bond motifs is 1. The van der Waals surface area contributed by atoms with E-state index in [9.17, 15) is 0 Å². The Labute approximate surface area is 76.3 Å². The molecule has 3 N–H and O–H groups in total. The SMILES string of the molecule is NNN1N=CC=Cc2ccccc21. The quantitative estimate of drug-likeness (QED) is 0.491. The minimum atomic E-state index is 0.940. The highest BCUT2D eigenvalue weighted by molar-refractivity contribution is 5.84. The van der Waals surface area contributed by atoms with E-state index < -0.39 is 0 Å². The predicted molar refractivity (Wildman–Crippen MR) is 53.8 cm³/mol. The van der Waals surface area contributed by atoms with E-state index in [1.54, 1.807) is 6.21 Å². The van der Waals surface area contributed by atoms with Crippen molar-refractivity contribution in [3.8, 4) is 0 Å². The molecule has 66 valence electrons. The number of para-hydroxylation sites is 1. The average Bonchev–Trinajstić information content (AvgIpc) is 2.39. The van der Waals surface area contributed by atoms with Crippen molar-refractivity contribution in [2.75, 3.05) is 5.12 Å². The fraction of sp³-hybridized carbons (Fsp3) is 0. The summed E-state index contributed by atoms with van der Waals surface area (Å²) in [6.45, 7) is 0. The molecule has 4 heteroatoms. The van der Waals surface area contributed by atoms with Crippen molar-refractivity contribution in [3.05, 3.63) is 35.9 Å². The van der Waals surface area contributed by atoms with Gasteiger partial charge in [-0.25, -0.2) is 0 Å². The lowest BCUT2D eigenvalue weighted by atomic mass is 10.2. The van der Waals surface area contributed by atoms with Gasteiger partial charge in [-0.1, -0.05) is 24.3 Å². The number of hydrogen-bond donors (Lipinski definition) is 2. The van der Waals surface area contributed by atoms with Crippen molar-refractivity contribution in [1.82, 2.24) is 5.53 Å². The largest absolute Gasteiger partial charge is 0.252 e. The topological polar surface area (TPSA) is 53.6 Å². The van der Waals surface area contributed by atoms with Gasteiger partial charge in [0.15, 0.2) is 0 Å². The van der Waals surface area contributed by atoms with Crippen LogP contribution in [0.2, 0.25) is 0 Å². The Bertz CT molecular complexity index is 356. The van der Waals surface area contributed by atoms with Crippen LogP contribution in [0.4, 0.5) is 5.69 Å². The Morgan fingerprint density at radius 3 is 3.00 bits per heavy atom. The van der Waals surface area contributed by atoms with E-state index in [1.807, 2.05) is 36.4 Å². The second-order valence-electron chi connectivity index (χ2n) is 2.62. The number of allylic oxidation sites excluding steroid dienone is 1. The lowest BCUT2D eigenvalue weighted by Gasteiger charge is -2.17. The minimum absolute atomic E-state index is 0.940. The molecule has 0 saturated heterocycles. The van der Waals surface area contributed by atoms with Gasteiger partial charge in [0, 0.05) is 11.8 Å². The van der Waals surface area contributed by atoms with Crippen LogP contribution in [0.3, 0.4) is 0 Å². The Hall–Kier alpha value is -1.65. The molecule has 1 aromatic carbocycles. The van der Waals surface area contributed by atoms with E-state index in [0.717, 1.165) is 11.3 Å². The smallest absolute Gasteiger partial charge is 0.0865 e. The highest BCUT2D eigenvalue weighted by Crippen LogP contribution is 2.21. The Kier molecular flexibility index (Phi) is 2.08. The zero-order valence-corrected chi connectivity index (χ0v) is 7.01. The molecule has 0 fully saturated rings. The normalized spacial score (nSPS) is 14.1. The minimum Gasteiger partial charge on any atom is -0.252 e. The summed E-state index contributed by atoms with van der Waals surface area (Å²) >= 11 is 0. The Balaban J connectivity index is 2.50. The van der Waals surface area contributed by atoms with Crippen LogP contribution >= 0.6 is 0 Å². The lowest BCUT2D eigenvalue weighted by Crippen LogP contribution is -2.39. The molecule has 13 heavy (non-hydrogen) atoms. The molecule has 1 aromatic rings. The van der Waals surface area contributed by atoms with Gasteiger partial charge in [0.2, 0.25) is 0 Å². The van der Waals surface area contributed by atoms with Gasteiger partial charge in [0.05, 0.1) is 5.69 Å². The molecule has 0 radical (unpaired) electrons. The van der Waals surface area contributed by atoms with Crippen molar-refractivity contribution in [2.24, 2.45) is 10.9 Å². The number of nitrogens with one attached hydrogen (secondary N) is 1. The lowest BCUT2D eigenvalue weighted by molar-refractivity contribution is 0.683. The zero-order valence-electron chi connectivity index (χ0n) is 7.01. The van der Waals surface area contributed by atoms with E-state index in [2.05, 4.69) is 10.6 Å². The van der Waals surface area contributed by atoms with Crippen LogP contribution in [0.25, 0.3) is 6.08 Å². The molecule has 0 atom stereocenters. The van der Waals surface area contributed by atoms with Crippen molar-refractivity contribution >= 4 is 18.0 Å². The first-order valence-electron chi connectivity index (χ1n) is 3.98. The summed E-state index contributed by atoms with van der Waals surface area (Å²) in [5.41, 5.74) is 4.52. The van der Waals surface area contributed by atoms with E-state index in [4.69, 9.17) is 5.84 Å². The van der Waals surface area contributed by atoms with Gasteiger partial charge in [-0.2, -0.15) is 15.8 Å². The number of anilines is 1. The molecule has 1 aliphatic heterocycles. The molecule has 4 nitrogen and oxygen atoms in total. The van der Waals surface area contributed by atoms with Gasteiger partial charge < -0.3 is 0 Å². The van der Waals surface area contributed by atoms with Crippen LogP contribution in [0, 0.1) is 0 Å². The molecule has 0 unspecified atom stereocenters. The van der Waals surface area contributed by atoms with Gasteiger partial charge >= 0.3 is 0 Å². The number of nitrogens with zero attached hydrogens (tertiary/aromatic N) is 2. The molecule has 0 saturated carbocycles. The number of hydrazone groups is 1. The van der Waals surface area contributed by atoms with Gasteiger partial charge in [-0.05, 0) is 12.1 Å². The first kappa shape index (κ1) is 7.97. The molecule has 0 aromatic heterocycles. The van der Waals surface area contributed by atoms with Crippen LogP contribution in [-0.4, -0.2) is 6.21 Å². The van der Waals surface area contributed by atoms with Crippen molar-refractivity contribution in [1.29, 1.82) is 0 Å². The third kappa shape index (κ3) is 1.44. The molecule has 0 spiro atoms. The Morgan fingerprint density at radius 1 is 1.31 bits per heavy atom. The molecule has 0 aliphatic carbocycles. The number of nitrogens with two attached hydrogens (primary N) is 1. The summed E-state index contributed by atoms with van der Waals surface area (Å²) in [5, 5.41) is 5.59. The maximum Gasteiger partial charge on any atom is 0.0865 e. The number of hydrazine groups is 2. The van der Waals surface area contributed by atoms with Crippen molar-refractivity contribution < 1.29 is 0 Å². The van der Waals surface area contributed by atoms with Crippen molar-refractivity contribution in [3.63, 3.8) is 0 Å². The summed E-state index contributed by atoms with van der Waals surface area (Å²) in [4.78, 5) is 0. The predicted octanol–water partition coefficient (Wildman–Crippen LogP) is 0.884. The van der Waals surface area contributed by atoms with Gasteiger partial charge in [-0.15, -0.1) is 0 Å². The van der Waals surface area contributed by atoms with Gasteiger partial charge in [0.1, 0.15) is 0 Å². The third-order valence-electron chi connectivity index (χ3n) is 1.83. The maximum atomic E-state index is 5.32. The molecule has 0 amide bonds. The summed E-state index contributed by atoms with van der Waals surface area (Å²) in [6.07, 6.45) is 5.53. The highest BCUT2D eigenvalue weighted by Gasteiger charge is 2.07.